The molecule has 0 radical (unpaired) electrons. The molecule has 0 aliphatic carbocycles. The van der Waals surface area contributed by atoms with Crippen molar-refractivity contribution in [1.29, 1.82) is 0 Å². The third-order valence-corrected chi connectivity index (χ3v) is 3.31. The minimum Gasteiger partial charge on any atom is -0.383 e. The van der Waals surface area contributed by atoms with Crippen molar-refractivity contribution in [2.75, 3.05) is 17.8 Å². The van der Waals surface area contributed by atoms with Crippen LogP contribution in [0, 0.1) is 0 Å². The second-order valence-electron chi connectivity index (χ2n) is 4.20. The van der Waals surface area contributed by atoms with Crippen LogP contribution in [0.15, 0.2) is 34.7 Å². The van der Waals surface area contributed by atoms with Crippen LogP contribution in [0.2, 0.25) is 0 Å². The molecule has 0 saturated heterocycles. The van der Waals surface area contributed by atoms with Crippen molar-refractivity contribution in [3.63, 3.8) is 0 Å². The van der Waals surface area contributed by atoms with E-state index in [1.807, 2.05) is 24.3 Å². The van der Waals surface area contributed by atoms with Gasteiger partial charge < -0.3 is 10.5 Å². The fourth-order valence-electron chi connectivity index (χ4n) is 1.61. The highest BCUT2D eigenvalue weighted by atomic mass is 32.1. The smallest absolute Gasteiger partial charge is 0.205 e. The zero-order valence-corrected chi connectivity index (χ0v) is 12.2. The molecule has 1 aromatic carbocycles. The summed E-state index contributed by atoms with van der Waals surface area (Å²) in [5.74, 6) is 0.501. The van der Waals surface area contributed by atoms with Gasteiger partial charge in [-0.25, -0.2) is 4.98 Å². The molecule has 20 heavy (non-hydrogen) atoms. The van der Waals surface area contributed by atoms with Crippen LogP contribution in [0.5, 0.6) is 0 Å². The first-order valence-electron chi connectivity index (χ1n) is 6.45. The summed E-state index contributed by atoms with van der Waals surface area (Å²) in [6.45, 7) is 3.46. The Morgan fingerprint density at radius 1 is 1.45 bits per heavy atom. The van der Waals surface area contributed by atoms with Gasteiger partial charge in [-0.15, -0.1) is 11.3 Å². The number of nitrogens with zero attached hydrogens (tertiary/aromatic N) is 2. The Labute approximate surface area is 122 Å². The number of anilines is 2. The number of hydrogen-bond acceptors (Lipinski definition) is 6. The Morgan fingerprint density at radius 2 is 2.30 bits per heavy atom. The standard InChI is InChI=1S/C14H18N4OS/c1-2-7-19-9-12-6-4-3-5-11(12)8-16-18-14-17-13(15)10-20-14/h3-6,8,10H,2,7,9,15H2,1H3,(H,17,18). The van der Waals surface area contributed by atoms with Gasteiger partial charge in [0.25, 0.3) is 0 Å². The predicted molar refractivity (Wildman–Crippen MR) is 84.1 cm³/mol. The van der Waals surface area contributed by atoms with E-state index < -0.39 is 0 Å². The molecule has 106 valence electrons. The summed E-state index contributed by atoms with van der Waals surface area (Å²) < 4.78 is 5.57. The number of aromatic nitrogens is 1. The van der Waals surface area contributed by atoms with E-state index in [4.69, 9.17) is 10.5 Å². The molecule has 0 unspecified atom stereocenters. The molecule has 0 amide bonds. The molecule has 1 aromatic heterocycles. The molecule has 0 saturated carbocycles. The summed E-state index contributed by atoms with van der Waals surface area (Å²) in [7, 11) is 0. The molecule has 0 fully saturated rings. The molecule has 2 aromatic rings. The molecule has 0 aliphatic heterocycles. The normalized spacial score (nSPS) is 11.1. The molecule has 3 N–H and O–H groups in total. The number of nitrogens with two attached hydrogens (primary N) is 1. The molecule has 0 bridgehead atoms. The van der Waals surface area contributed by atoms with E-state index in [1.165, 1.54) is 11.3 Å². The number of benzene rings is 1. The van der Waals surface area contributed by atoms with Crippen molar-refractivity contribution in [2.24, 2.45) is 5.10 Å². The number of rotatable bonds is 7. The van der Waals surface area contributed by atoms with Gasteiger partial charge in [-0.05, 0) is 12.0 Å². The first kappa shape index (κ1) is 14.5. The van der Waals surface area contributed by atoms with Crippen LogP contribution in [0.3, 0.4) is 0 Å². The monoisotopic (exact) mass is 290 g/mol. The molecule has 0 spiro atoms. The highest BCUT2D eigenvalue weighted by Gasteiger charge is 2.00. The van der Waals surface area contributed by atoms with E-state index in [1.54, 1.807) is 11.6 Å². The molecular formula is C14H18N4OS. The number of thiazole rings is 1. The minimum absolute atomic E-state index is 0.501. The second-order valence-corrected chi connectivity index (χ2v) is 5.06. The average Bonchev–Trinajstić information content (AvgIpc) is 2.86. The Balaban J connectivity index is 1.97. The van der Waals surface area contributed by atoms with E-state index in [9.17, 15) is 0 Å². The molecule has 0 atom stereocenters. The van der Waals surface area contributed by atoms with Gasteiger partial charge in [0, 0.05) is 17.6 Å². The number of nitrogens with one attached hydrogen (secondary N) is 1. The van der Waals surface area contributed by atoms with Gasteiger partial charge in [-0.1, -0.05) is 31.2 Å². The summed E-state index contributed by atoms with van der Waals surface area (Å²) in [4.78, 5) is 4.07. The zero-order valence-electron chi connectivity index (χ0n) is 11.4. The van der Waals surface area contributed by atoms with E-state index in [2.05, 4.69) is 22.4 Å². The van der Waals surface area contributed by atoms with Crippen LogP contribution in [-0.4, -0.2) is 17.8 Å². The maximum absolute atomic E-state index is 5.57. The van der Waals surface area contributed by atoms with E-state index in [0.29, 0.717) is 17.6 Å². The molecule has 2 rings (SSSR count). The van der Waals surface area contributed by atoms with E-state index in [0.717, 1.165) is 24.2 Å². The van der Waals surface area contributed by atoms with Gasteiger partial charge in [0.1, 0.15) is 5.82 Å². The second kappa shape index (κ2) is 7.62. The third kappa shape index (κ3) is 4.32. The summed E-state index contributed by atoms with van der Waals surface area (Å²) in [5.41, 5.74) is 10.6. The Kier molecular flexibility index (Phi) is 5.52. The molecule has 0 aliphatic rings. The van der Waals surface area contributed by atoms with Crippen molar-refractivity contribution in [1.82, 2.24) is 4.98 Å². The van der Waals surface area contributed by atoms with Gasteiger partial charge in [0.15, 0.2) is 0 Å². The quantitative estimate of drug-likeness (QED) is 0.467. The predicted octanol–water partition coefficient (Wildman–Crippen LogP) is 3.10. The summed E-state index contributed by atoms with van der Waals surface area (Å²) in [6, 6.07) is 8.02. The highest BCUT2D eigenvalue weighted by Crippen LogP contribution is 2.16. The molecule has 1 heterocycles. The highest BCUT2D eigenvalue weighted by molar-refractivity contribution is 7.14. The van der Waals surface area contributed by atoms with Crippen molar-refractivity contribution >= 4 is 28.5 Å². The topological polar surface area (TPSA) is 72.5 Å². The number of hydrogen-bond donors (Lipinski definition) is 2. The van der Waals surface area contributed by atoms with Gasteiger partial charge in [0.05, 0.1) is 12.8 Å². The van der Waals surface area contributed by atoms with Gasteiger partial charge in [-0.2, -0.15) is 5.10 Å². The number of ether oxygens (including phenoxy) is 1. The average molecular weight is 290 g/mol. The summed E-state index contributed by atoms with van der Waals surface area (Å²) in [6.07, 6.45) is 2.78. The Hall–Kier alpha value is -1.92. The van der Waals surface area contributed by atoms with Crippen molar-refractivity contribution in [3.8, 4) is 0 Å². The lowest BCUT2D eigenvalue weighted by Gasteiger charge is -2.06. The summed E-state index contributed by atoms with van der Waals surface area (Å²) >= 11 is 1.42. The molecule has 6 heteroatoms. The van der Waals surface area contributed by atoms with Crippen LogP contribution in [0.1, 0.15) is 24.5 Å². The van der Waals surface area contributed by atoms with Gasteiger partial charge in [0.2, 0.25) is 5.13 Å². The largest absolute Gasteiger partial charge is 0.383 e. The molecule has 5 nitrogen and oxygen atoms in total. The fraction of sp³-hybridized carbons (Fsp3) is 0.286. The van der Waals surface area contributed by atoms with Crippen LogP contribution < -0.4 is 11.2 Å². The van der Waals surface area contributed by atoms with E-state index >= 15 is 0 Å². The van der Waals surface area contributed by atoms with Crippen LogP contribution >= 0.6 is 11.3 Å². The van der Waals surface area contributed by atoms with Gasteiger partial charge in [-0.3, -0.25) is 5.43 Å². The first-order valence-corrected chi connectivity index (χ1v) is 7.33. The summed E-state index contributed by atoms with van der Waals surface area (Å²) in [5, 5.41) is 6.62. The Bertz CT molecular complexity index is 568. The van der Waals surface area contributed by atoms with E-state index in [-0.39, 0.29) is 0 Å². The maximum Gasteiger partial charge on any atom is 0.205 e. The lowest BCUT2D eigenvalue weighted by Crippen LogP contribution is -1.99. The first-order chi connectivity index (χ1) is 9.79. The zero-order chi connectivity index (χ0) is 14.2. The third-order valence-electron chi connectivity index (χ3n) is 2.55. The van der Waals surface area contributed by atoms with Crippen molar-refractivity contribution in [2.45, 2.75) is 20.0 Å². The molecular weight excluding hydrogens is 272 g/mol. The van der Waals surface area contributed by atoms with Gasteiger partial charge >= 0.3 is 0 Å². The van der Waals surface area contributed by atoms with Crippen molar-refractivity contribution in [3.05, 3.63) is 40.8 Å². The lowest BCUT2D eigenvalue weighted by molar-refractivity contribution is 0.121. The minimum atomic E-state index is 0.501. The van der Waals surface area contributed by atoms with Crippen molar-refractivity contribution < 1.29 is 4.74 Å². The fourth-order valence-corrected chi connectivity index (χ4v) is 2.16. The SMILES string of the molecule is CCCOCc1ccccc1C=NNc1nc(N)cs1. The van der Waals surface area contributed by atoms with Crippen LogP contribution in [0.4, 0.5) is 10.9 Å². The van der Waals surface area contributed by atoms with Crippen LogP contribution in [0.25, 0.3) is 0 Å². The Morgan fingerprint density at radius 3 is 3.05 bits per heavy atom. The number of nitrogen functional groups attached to an aromatic ring is 1. The number of hydrazone groups is 1. The maximum atomic E-state index is 5.57. The lowest BCUT2D eigenvalue weighted by atomic mass is 10.1. The van der Waals surface area contributed by atoms with Crippen LogP contribution in [-0.2, 0) is 11.3 Å².